The molecule has 0 bridgehead atoms. The van der Waals surface area contributed by atoms with Crippen molar-refractivity contribution in [1.29, 1.82) is 0 Å². The Bertz CT molecular complexity index is 1310. The van der Waals surface area contributed by atoms with Crippen LogP contribution in [0.25, 0.3) is 22.4 Å². The zero-order chi connectivity index (χ0) is 24.7. The van der Waals surface area contributed by atoms with E-state index < -0.39 is 0 Å². The van der Waals surface area contributed by atoms with Crippen molar-refractivity contribution in [2.75, 3.05) is 24.5 Å². The van der Waals surface area contributed by atoms with Gasteiger partial charge in [-0.3, -0.25) is 4.90 Å². The Labute approximate surface area is 208 Å². The molecule has 35 heavy (non-hydrogen) atoms. The number of benzene rings is 2. The zero-order valence-corrected chi connectivity index (χ0v) is 21.9. The first-order chi connectivity index (χ1) is 16.7. The fourth-order valence-corrected chi connectivity index (χ4v) is 5.06. The van der Waals surface area contributed by atoms with Crippen molar-refractivity contribution in [2.24, 2.45) is 0 Å². The van der Waals surface area contributed by atoms with Gasteiger partial charge in [0.1, 0.15) is 17.2 Å². The van der Waals surface area contributed by atoms with Crippen LogP contribution < -0.4 is 4.90 Å². The lowest BCUT2D eigenvalue weighted by atomic mass is 9.87. The van der Waals surface area contributed by atoms with Crippen LogP contribution >= 0.6 is 0 Å². The summed E-state index contributed by atoms with van der Waals surface area (Å²) in [6, 6.07) is 15.7. The zero-order valence-electron chi connectivity index (χ0n) is 21.9. The average molecular weight is 471 g/mol. The van der Waals surface area contributed by atoms with Gasteiger partial charge in [0.25, 0.3) is 0 Å². The standard InChI is InChI=1S/C29H38N6/c1-7-26-30-20(3)24(31-26)18-34-15-16-35(17-19(34)2)25-10-8-9-23-27(25)33-28(32-23)21-11-13-22(14-12-21)29(4,5)6/h8-14,19H,7,15-18H2,1-6H3,(H,30,31)(H,32,33)/t19-/m1/s1. The molecule has 1 aliphatic rings. The van der Waals surface area contributed by atoms with E-state index in [9.17, 15) is 0 Å². The number of aryl methyl sites for hydroxylation is 2. The van der Waals surface area contributed by atoms with Gasteiger partial charge in [-0.15, -0.1) is 0 Å². The molecule has 1 atom stereocenters. The minimum Gasteiger partial charge on any atom is -0.367 e. The molecule has 5 rings (SSSR count). The maximum atomic E-state index is 5.06. The SMILES string of the molecule is CCc1nc(CN2CCN(c3cccc4[nH]c(-c5ccc(C(C)(C)C)cc5)nc34)C[C@H]2C)c(C)[nH]1. The van der Waals surface area contributed by atoms with E-state index in [4.69, 9.17) is 9.97 Å². The lowest BCUT2D eigenvalue weighted by molar-refractivity contribution is 0.179. The molecule has 0 aliphatic carbocycles. The van der Waals surface area contributed by atoms with Crippen molar-refractivity contribution in [3.8, 4) is 11.4 Å². The number of imidazole rings is 2. The van der Waals surface area contributed by atoms with E-state index in [0.717, 1.165) is 60.8 Å². The molecular weight excluding hydrogens is 432 g/mol. The molecule has 0 unspecified atom stereocenters. The number of piperazine rings is 1. The molecule has 6 nitrogen and oxygen atoms in total. The molecule has 184 valence electrons. The smallest absolute Gasteiger partial charge is 0.138 e. The second kappa shape index (κ2) is 9.15. The van der Waals surface area contributed by atoms with Crippen LogP contribution in [-0.4, -0.2) is 50.5 Å². The van der Waals surface area contributed by atoms with Crippen LogP contribution in [0.3, 0.4) is 0 Å². The lowest BCUT2D eigenvalue weighted by Crippen LogP contribution is -2.51. The Balaban J connectivity index is 1.35. The molecule has 6 heteroatoms. The fourth-order valence-electron chi connectivity index (χ4n) is 5.06. The second-order valence-corrected chi connectivity index (χ2v) is 11.0. The molecule has 2 aromatic heterocycles. The number of hydrogen-bond donors (Lipinski definition) is 2. The number of H-pyrrole nitrogens is 2. The van der Waals surface area contributed by atoms with Gasteiger partial charge < -0.3 is 14.9 Å². The molecule has 2 N–H and O–H groups in total. The number of aromatic amines is 2. The summed E-state index contributed by atoms with van der Waals surface area (Å²) in [5.74, 6) is 2.01. The Morgan fingerprint density at radius 1 is 1.00 bits per heavy atom. The number of nitrogens with zero attached hydrogens (tertiary/aromatic N) is 4. The number of aromatic nitrogens is 4. The van der Waals surface area contributed by atoms with Crippen molar-refractivity contribution in [2.45, 2.75) is 66.0 Å². The summed E-state index contributed by atoms with van der Waals surface area (Å²) < 4.78 is 0. The van der Waals surface area contributed by atoms with Gasteiger partial charge in [-0.25, -0.2) is 9.97 Å². The maximum Gasteiger partial charge on any atom is 0.138 e. The van der Waals surface area contributed by atoms with E-state index in [0.29, 0.717) is 6.04 Å². The van der Waals surface area contributed by atoms with E-state index in [1.54, 1.807) is 0 Å². The highest BCUT2D eigenvalue weighted by molar-refractivity contribution is 5.91. The molecule has 0 saturated carbocycles. The van der Waals surface area contributed by atoms with E-state index in [1.807, 2.05) is 0 Å². The first kappa shape index (κ1) is 23.6. The number of para-hydroxylation sites is 1. The van der Waals surface area contributed by atoms with Crippen molar-refractivity contribution >= 4 is 16.7 Å². The Hall–Kier alpha value is -3.12. The van der Waals surface area contributed by atoms with Crippen LogP contribution in [-0.2, 0) is 18.4 Å². The Morgan fingerprint density at radius 2 is 1.77 bits per heavy atom. The number of nitrogens with one attached hydrogen (secondary N) is 2. The number of anilines is 1. The maximum absolute atomic E-state index is 5.06. The molecule has 4 aromatic rings. The Morgan fingerprint density at radius 3 is 2.43 bits per heavy atom. The highest BCUT2D eigenvalue weighted by Gasteiger charge is 2.26. The van der Waals surface area contributed by atoms with Crippen molar-refractivity contribution in [1.82, 2.24) is 24.8 Å². The largest absolute Gasteiger partial charge is 0.367 e. The second-order valence-electron chi connectivity index (χ2n) is 11.0. The molecule has 2 aromatic carbocycles. The van der Waals surface area contributed by atoms with Crippen LogP contribution in [0.15, 0.2) is 42.5 Å². The molecule has 0 radical (unpaired) electrons. The van der Waals surface area contributed by atoms with Crippen molar-refractivity contribution in [3.05, 3.63) is 65.2 Å². The third-order valence-corrected chi connectivity index (χ3v) is 7.34. The van der Waals surface area contributed by atoms with Gasteiger partial charge in [0.05, 0.1) is 16.9 Å². The highest BCUT2D eigenvalue weighted by atomic mass is 15.3. The van der Waals surface area contributed by atoms with Crippen molar-refractivity contribution < 1.29 is 0 Å². The van der Waals surface area contributed by atoms with Crippen LogP contribution in [0.5, 0.6) is 0 Å². The third-order valence-electron chi connectivity index (χ3n) is 7.34. The van der Waals surface area contributed by atoms with Crippen molar-refractivity contribution in [3.63, 3.8) is 0 Å². The molecule has 1 aliphatic heterocycles. The van der Waals surface area contributed by atoms with E-state index in [1.165, 1.54) is 22.6 Å². The average Bonchev–Trinajstić information content (AvgIpc) is 3.43. The van der Waals surface area contributed by atoms with Gasteiger partial charge in [-0.1, -0.05) is 58.0 Å². The van der Waals surface area contributed by atoms with Gasteiger partial charge >= 0.3 is 0 Å². The van der Waals surface area contributed by atoms with E-state index in [2.05, 4.69) is 104 Å². The quantitative estimate of drug-likeness (QED) is 0.385. The monoisotopic (exact) mass is 470 g/mol. The van der Waals surface area contributed by atoms with Crippen LogP contribution in [0.4, 0.5) is 5.69 Å². The summed E-state index contributed by atoms with van der Waals surface area (Å²) in [5, 5.41) is 0. The normalized spacial score (nSPS) is 17.4. The summed E-state index contributed by atoms with van der Waals surface area (Å²) >= 11 is 0. The first-order valence-electron chi connectivity index (χ1n) is 12.9. The van der Waals surface area contributed by atoms with Crippen LogP contribution in [0, 0.1) is 6.92 Å². The number of hydrogen-bond acceptors (Lipinski definition) is 4. The highest BCUT2D eigenvalue weighted by Crippen LogP contribution is 2.31. The number of fused-ring (bicyclic) bond motifs is 1. The molecular formula is C29H38N6. The van der Waals surface area contributed by atoms with Gasteiger partial charge in [-0.05, 0) is 37.0 Å². The van der Waals surface area contributed by atoms with E-state index >= 15 is 0 Å². The van der Waals surface area contributed by atoms with E-state index in [-0.39, 0.29) is 5.41 Å². The van der Waals surface area contributed by atoms with Gasteiger partial charge in [0, 0.05) is 49.9 Å². The molecule has 1 fully saturated rings. The first-order valence-corrected chi connectivity index (χ1v) is 12.9. The van der Waals surface area contributed by atoms with Gasteiger partial charge in [0.2, 0.25) is 0 Å². The van der Waals surface area contributed by atoms with Crippen LogP contribution in [0.1, 0.15) is 57.4 Å². The van der Waals surface area contributed by atoms with Crippen LogP contribution in [0.2, 0.25) is 0 Å². The number of rotatable bonds is 5. The van der Waals surface area contributed by atoms with Gasteiger partial charge in [-0.2, -0.15) is 0 Å². The lowest BCUT2D eigenvalue weighted by Gasteiger charge is -2.40. The van der Waals surface area contributed by atoms with Gasteiger partial charge in [0.15, 0.2) is 0 Å². The predicted octanol–water partition coefficient (Wildman–Crippen LogP) is 5.83. The molecule has 0 spiro atoms. The minimum atomic E-state index is 0.145. The predicted molar refractivity (Wildman–Crippen MR) is 145 cm³/mol. The summed E-state index contributed by atoms with van der Waals surface area (Å²) in [4.78, 5) is 21.9. The fraction of sp³-hybridized carbons (Fsp3) is 0.448. The Kier molecular flexibility index (Phi) is 6.18. The third kappa shape index (κ3) is 4.72. The molecule has 0 amide bonds. The molecule has 3 heterocycles. The topological polar surface area (TPSA) is 63.8 Å². The summed E-state index contributed by atoms with van der Waals surface area (Å²) in [5.41, 5.74) is 8.34. The minimum absolute atomic E-state index is 0.145. The molecule has 1 saturated heterocycles. The summed E-state index contributed by atoms with van der Waals surface area (Å²) in [7, 11) is 0. The summed E-state index contributed by atoms with van der Waals surface area (Å²) in [6.45, 7) is 17.2. The summed E-state index contributed by atoms with van der Waals surface area (Å²) in [6.07, 6.45) is 0.945.